The lowest BCUT2D eigenvalue weighted by Crippen LogP contribution is -2.29. The molecule has 0 heterocycles. The van der Waals surface area contributed by atoms with E-state index < -0.39 is 24.4 Å². The first-order chi connectivity index (χ1) is 13.0. The molecule has 0 spiro atoms. The molecule has 1 amide bonds. The largest absolute Gasteiger partial charge is 0.435 e. The van der Waals surface area contributed by atoms with Gasteiger partial charge in [0.05, 0.1) is 6.04 Å². The molecule has 0 aliphatic carbocycles. The monoisotopic (exact) mass is 371 g/mol. The third-order valence-electron chi connectivity index (χ3n) is 3.93. The Bertz CT molecular complexity index is 899. The van der Waals surface area contributed by atoms with Crippen LogP contribution in [0.25, 0.3) is 0 Å². The molecule has 0 aromatic heterocycles. The summed E-state index contributed by atoms with van der Waals surface area (Å²) in [6.45, 7) is -2.91. The number of amides is 1. The summed E-state index contributed by atoms with van der Waals surface area (Å²) in [5.41, 5.74) is 1.66. The van der Waals surface area contributed by atoms with Gasteiger partial charge >= 0.3 is 6.61 Å². The van der Waals surface area contributed by atoms with Crippen molar-refractivity contribution in [1.82, 2.24) is 5.32 Å². The van der Waals surface area contributed by atoms with Crippen LogP contribution in [-0.2, 0) is 0 Å². The molecular formula is C21H16F3NO2. The Morgan fingerprint density at radius 3 is 2.15 bits per heavy atom. The van der Waals surface area contributed by atoms with E-state index in [9.17, 15) is 18.0 Å². The molecule has 0 aliphatic rings. The fourth-order valence-electron chi connectivity index (χ4n) is 2.69. The number of benzene rings is 3. The van der Waals surface area contributed by atoms with E-state index in [0.29, 0.717) is 5.56 Å². The van der Waals surface area contributed by atoms with Crippen molar-refractivity contribution in [3.8, 4) is 5.75 Å². The maximum absolute atomic E-state index is 13.4. The lowest BCUT2D eigenvalue weighted by molar-refractivity contribution is -0.0498. The van der Waals surface area contributed by atoms with E-state index in [4.69, 9.17) is 0 Å². The predicted molar refractivity (Wildman–Crippen MR) is 95.2 cm³/mol. The van der Waals surface area contributed by atoms with E-state index in [-0.39, 0.29) is 11.3 Å². The second-order valence-electron chi connectivity index (χ2n) is 5.78. The van der Waals surface area contributed by atoms with Gasteiger partial charge in [0.15, 0.2) is 0 Å². The Morgan fingerprint density at radius 1 is 0.852 bits per heavy atom. The maximum atomic E-state index is 13.4. The molecule has 0 saturated carbocycles. The number of ether oxygens (including phenoxy) is 1. The number of carbonyl (C=O) groups is 1. The molecule has 6 heteroatoms. The molecule has 0 radical (unpaired) electrons. The Balaban J connectivity index is 1.89. The zero-order valence-corrected chi connectivity index (χ0v) is 14.1. The molecule has 0 bridgehead atoms. The Hall–Kier alpha value is -3.28. The van der Waals surface area contributed by atoms with Gasteiger partial charge in [0.25, 0.3) is 5.91 Å². The summed E-state index contributed by atoms with van der Waals surface area (Å²) in [4.78, 5) is 12.6. The third-order valence-corrected chi connectivity index (χ3v) is 3.93. The topological polar surface area (TPSA) is 38.3 Å². The number of nitrogens with one attached hydrogen (secondary N) is 1. The van der Waals surface area contributed by atoms with Crippen LogP contribution >= 0.6 is 0 Å². The molecule has 3 rings (SSSR count). The van der Waals surface area contributed by atoms with Crippen LogP contribution < -0.4 is 10.1 Å². The van der Waals surface area contributed by atoms with E-state index in [1.807, 2.05) is 30.3 Å². The standard InChI is InChI=1S/C21H16F3NO2/c22-17-8-4-7-16(13-17)20(26)25-19(14-5-2-1-3-6-14)15-9-11-18(12-10-15)27-21(23)24/h1-13,19,21H,(H,25,26). The van der Waals surface area contributed by atoms with Gasteiger partial charge in [-0.05, 0) is 41.5 Å². The summed E-state index contributed by atoms with van der Waals surface area (Å²) >= 11 is 0. The fourth-order valence-corrected chi connectivity index (χ4v) is 2.69. The molecule has 0 aliphatic heterocycles. The molecule has 3 aromatic carbocycles. The van der Waals surface area contributed by atoms with Crippen molar-refractivity contribution in [2.45, 2.75) is 12.7 Å². The zero-order valence-electron chi connectivity index (χ0n) is 14.1. The van der Waals surface area contributed by atoms with E-state index in [1.165, 1.54) is 30.3 Å². The van der Waals surface area contributed by atoms with Crippen molar-refractivity contribution >= 4 is 5.91 Å². The predicted octanol–water partition coefficient (Wildman–Crippen LogP) is 4.95. The lowest BCUT2D eigenvalue weighted by Gasteiger charge is -2.20. The minimum Gasteiger partial charge on any atom is -0.435 e. The van der Waals surface area contributed by atoms with Gasteiger partial charge in [-0.2, -0.15) is 8.78 Å². The number of rotatable bonds is 6. The smallest absolute Gasteiger partial charge is 0.387 e. The highest BCUT2D eigenvalue weighted by molar-refractivity contribution is 5.94. The maximum Gasteiger partial charge on any atom is 0.387 e. The number of hydrogen-bond acceptors (Lipinski definition) is 2. The minimum atomic E-state index is -2.91. The Labute approximate surface area is 154 Å². The van der Waals surface area contributed by atoms with Crippen molar-refractivity contribution in [3.05, 3.63) is 101 Å². The number of carbonyl (C=O) groups excluding carboxylic acids is 1. The Kier molecular flexibility index (Phi) is 5.76. The van der Waals surface area contributed by atoms with Gasteiger partial charge in [-0.25, -0.2) is 4.39 Å². The van der Waals surface area contributed by atoms with E-state index >= 15 is 0 Å². The molecule has 3 aromatic rings. The molecule has 3 nitrogen and oxygen atoms in total. The van der Waals surface area contributed by atoms with Gasteiger partial charge in [0.1, 0.15) is 11.6 Å². The summed E-state index contributed by atoms with van der Waals surface area (Å²) in [7, 11) is 0. The van der Waals surface area contributed by atoms with E-state index in [2.05, 4.69) is 10.1 Å². The van der Waals surface area contributed by atoms with Crippen LogP contribution in [-0.4, -0.2) is 12.5 Å². The van der Waals surface area contributed by atoms with Crippen LogP contribution in [0.2, 0.25) is 0 Å². The zero-order chi connectivity index (χ0) is 19.2. The summed E-state index contributed by atoms with van der Waals surface area (Å²) in [6.07, 6.45) is 0. The minimum absolute atomic E-state index is 0.0250. The number of hydrogen-bond donors (Lipinski definition) is 1. The second kappa shape index (κ2) is 8.40. The van der Waals surface area contributed by atoms with Gasteiger partial charge in [-0.1, -0.05) is 48.5 Å². The van der Waals surface area contributed by atoms with Crippen LogP contribution in [0.15, 0.2) is 78.9 Å². The van der Waals surface area contributed by atoms with Gasteiger partial charge in [0, 0.05) is 5.56 Å². The summed E-state index contributed by atoms with van der Waals surface area (Å²) in [5.74, 6) is -0.930. The lowest BCUT2D eigenvalue weighted by atomic mass is 9.98. The van der Waals surface area contributed by atoms with Crippen LogP contribution in [0.5, 0.6) is 5.75 Å². The SMILES string of the molecule is O=C(NC(c1ccccc1)c1ccc(OC(F)F)cc1)c1cccc(F)c1. The average Bonchev–Trinajstić information content (AvgIpc) is 2.67. The normalized spacial score (nSPS) is 11.9. The first-order valence-electron chi connectivity index (χ1n) is 8.19. The highest BCUT2D eigenvalue weighted by Gasteiger charge is 2.18. The molecule has 1 N–H and O–H groups in total. The first kappa shape index (κ1) is 18.5. The highest BCUT2D eigenvalue weighted by atomic mass is 19.3. The van der Waals surface area contributed by atoms with Crippen molar-refractivity contribution in [2.24, 2.45) is 0 Å². The first-order valence-corrected chi connectivity index (χ1v) is 8.19. The molecule has 0 saturated heterocycles. The van der Waals surface area contributed by atoms with Gasteiger partial charge in [0.2, 0.25) is 0 Å². The Morgan fingerprint density at radius 2 is 1.52 bits per heavy atom. The quantitative estimate of drug-likeness (QED) is 0.666. The molecule has 138 valence electrons. The molecule has 0 fully saturated rings. The van der Waals surface area contributed by atoms with Crippen LogP contribution in [0.3, 0.4) is 0 Å². The molecule has 1 unspecified atom stereocenters. The van der Waals surface area contributed by atoms with E-state index in [0.717, 1.165) is 11.6 Å². The van der Waals surface area contributed by atoms with Gasteiger partial charge < -0.3 is 10.1 Å². The fraction of sp³-hybridized carbons (Fsp3) is 0.0952. The average molecular weight is 371 g/mol. The molecular weight excluding hydrogens is 355 g/mol. The van der Waals surface area contributed by atoms with Crippen molar-refractivity contribution in [2.75, 3.05) is 0 Å². The van der Waals surface area contributed by atoms with E-state index in [1.54, 1.807) is 12.1 Å². The van der Waals surface area contributed by atoms with Gasteiger partial charge in [-0.3, -0.25) is 4.79 Å². The molecule has 1 atom stereocenters. The summed E-state index contributed by atoms with van der Waals surface area (Å²) in [6, 6.07) is 20.0. The van der Waals surface area contributed by atoms with Crippen molar-refractivity contribution in [1.29, 1.82) is 0 Å². The van der Waals surface area contributed by atoms with Crippen LogP contribution in [0.4, 0.5) is 13.2 Å². The highest BCUT2D eigenvalue weighted by Crippen LogP contribution is 2.25. The summed E-state index contributed by atoms with van der Waals surface area (Å²) < 4.78 is 42.4. The van der Waals surface area contributed by atoms with Crippen molar-refractivity contribution in [3.63, 3.8) is 0 Å². The number of halogens is 3. The third kappa shape index (κ3) is 4.88. The van der Waals surface area contributed by atoms with Crippen LogP contribution in [0.1, 0.15) is 27.5 Å². The van der Waals surface area contributed by atoms with Crippen molar-refractivity contribution < 1.29 is 22.7 Å². The molecule has 27 heavy (non-hydrogen) atoms. The van der Waals surface area contributed by atoms with Gasteiger partial charge in [-0.15, -0.1) is 0 Å². The van der Waals surface area contributed by atoms with Crippen LogP contribution in [0, 0.1) is 5.82 Å². The second-order valence-corrected chi connectivity index (χ2v) is 5.78. The summed E-state index contributed by atoms with van der Waals surface area (Å²) in [5, 5.41) is 2.86. The number of alkyl halides is 2.